The summed E-state index contributed by atoms with van der Waals surface area (Å²) in [5.41, 5.74) is 4.92. The number of amides is 1. The quantitative estimate of drug-likeness (QED) is 0.517. The Morgan fingerprint density at radius 3 is 2.39 bits per heavy atom. The second-order valence-corrected chi connectivity index (χ2v) is 9.02. The maximum atomic E-state index is 12.8. The van der Waals surface area contributed by atoms with Crippen LogP contribution in [0.2, 0.25) is 0 Å². The molecule has 4 heteroatoms. The van der Waals surface area contributed by atoms with Crippen LogP contribution in [-0.4, -0.2) is 30.8 Å². The van der Waals surface area contributed by atoms with E-state index in [0.717, 1.165) is 31.9 Å². The fourth-order valence-corrected chi connectivity index (χ4v) is 4.01. The number of carbonyl (C=O) groups excluding carboxylic acids is 1. The van der Waals surface area contributed by atoms with Gasteiger partial charge in [0.15, 0.2) is 0 Å². The third-order valence-electron chi connectivity index (χ3n) is 6.16. The molecule has 1 fully saturated rings. The molecule has 0 aliphatic heterocycles. The number of ether oxygens (including phenoxy) is 1. The molecule has 2 atom stereocenters. The van der Waals surface area contributed by atoms with Crippen molar-refractivity contribution in [2.45, 2.75) is 66.0 Å². The smallest absolute Gasteiger partial charge is 0.226 e. The molecule has 0 bridgehead atoms. The molecule has 4 rings (SSSR count). The third kappa shape index (κ3) is 7.28. The minimum atomic E-state index is -0.191. The number of hydrogen-bond donors (Lipinski definition) is 2. The highest BCUT2D eigenvalue weighted by molar-refractivity contribution is 5.85. The molecule has 0 radical (unpaired) electrons. The number of benzene rings is 1. The minimum Gasteiger partial charge on any atom is -0.400 e. The number of carbonyl (C=O) groups is 1. The second kappa shape index (κ2) is 13.3. The van der Waals surface area contributed by atoms with Crippen molar-refractivity contribution in [3.05, 3.63) is 83.0 Å². The highest BCUT2D eigenvalue weighted by Gasteiger charge is 2.46. The molecule has 0 saturated heterocycles. The molecule has 180 valence electrons. The van der Waals surface area contributed by atoms with E-state index in [1.165, 1.54) is 23.1 Å². The number of fused-ring (bicyclic) bond motifs is 1. The van der Waals surface area contributed by atoms with Gasteiger partial charge in [0.2, 0.25) is 5.91 Å². The second-order valence-electron chi connectivity index (χ2n) is 9.02. The Hall–Kier alpha value is -2.43. The lowest BCUT2D eigenvalue weighted by molar-refractivity contribution is -0.126. The number of rotatable bonds is 8. The molecule has 0 heterocycles. The van der Waals surface area contributed by atoms with E-state index in [-0.39, 0.29) is 23.3 Å². The van der Waals surface area contributed by atoms with Crippen molar-refractivity contribution in [2.75, 3.05) is 13.7 Å². The number of hydrogen-bond acceptors (Lipinski definition) is 3. The van der Waals surface area contributed by atoms with Gasteiger partial charge < -0.3 is 15.2 Å². The Labute approximate surface area is 200 Å². The molecule has 3 aliphatic rings. The monoisotopic (exact) mass is 451 g/mol. The van der Waals surface area contributed by atoms with Crippen molar-refractivity contribution in [1.29, 1.82) is 0 Å². The highest BCUT2D eigenvalue weighted by Crippen LogP contribution is 2.46. The Morgan fingerprint density at radius 2 is 1.79 bits per heavy atom. The Morgan fingerprint density at radius 1 is 1.12 bits per heavy atom. The van der Waals surface area contributed by atoms with Crippen molar-refractivity contribution in [3.63, 3.8) is 0 Å². The maximum Gasteiger partial charge on any atom is 0.226 e. The van der Waals surface area contributed by atoms with E-state index in [1.807, 2.05) is 18.2 Å². The van der Waals surface area contributed by atoms with Crippen LogP contribution in [0.4, 0.5) is 0 Å². The first-order chi connectivity index (χ1) is 16.0. The van der Waals surface area contributed by atoms with Gasteiger partial charge in [0, 0.05) is 18.4 Å². The molecular formula is C29H41NO3. The molecule has 3 aliphatic carbocycles. The van der Waals surface area contributed by atoms with Gasteiger partial charge in [0.25, 0.3) is 0 Å². The fourth-order valence-electron chi connectivity index (χ4n) is 4.01. The van der Waals surface area contributed by atoms with Crippen LogP contribution in [0.25, 0.3) is 0 Å². The molecule has 1 saturated carbocycles. The summed E-state index contributed by atoms with van der Waals surface area (Å²) in [5.74, 6) is 0.427. The zero-order valence-electron chi connectivity index (χ0n) is 20.9. The van der Waals surface area contributed by atoms with Crippen molar-refractivity contribution >= 4 is 5.91 Å². The van der Waals surface area contributed by atoms with Crippen LogP contribution in [0.15, 0.2) is 77.4 Å². The summed E-state index contributed by atoms with van der Waals surface area (Å²) in [5, 5.41) is 10.3. The van der Waals surface area contributed by atoms with Gasteiger partial charge >= 0.3 is 0 Å². The highest BCUT2D eigenvalue weighted by atomic mass is 16.5. The SMILES string of the molecule is CCC.CCC1=CC=CC2=CC=C([C@@H](COCc3ccccc3)NC(=O)C3(C)CC3)C21.CO. The van der Waals surface area contributed by atoms with Gasteiger partial charge in [-0.05, 0) is 36.0 Å². The van der Waals surface area contributed by atoms with E-state index in [4.69, 9.17) is 9.84 Å². The first kappa shape index (κ1) is 26.8. The van der Waals surface area contributed by atoms with E-state index in [9.17, 15) is 4.79 Å². The summed E-state index contributed by atoms with van der Waals surface area (Å²) in [6.45, 7) is 9.54. The van der Waals surface area contributed by atoms with E-state index in [0.29, 0.717) is 13.2 Å². The standard InChI is InChI=1S/C25H29NO2.C3H8.CH4O/c1-3-19-10-7-11-20-12-13-21(23(19)20)22(26-24(27)25(2)14-15-25)17-28-16-18-8-5-4-6-9-18;1-3-2;1-2/h4-13,22-23H,3,14-17H2,1-2H3,(H,26,27);3H2,1-2H3;2H,1H3/t22-,23?;;/m1../s1. The van der Waals surface area contributed by atoms with Gasteiger partial charge in [-0.3, -0.25) is 4.79 Å². The number of allylic oxidation sites excluding steroid dienone is 7. The normalized spacial score (nSPS) is 19.9. The first-order valence-corrected chi connectivity index (χ1v) is 12.2. The molecule has 2 N–H and O–H groups in total. The molecule has 0 aromatic heterocycles. The topological polar surface area (TPSA) is 58.6 Å². The summed E-state index contributed by atoms with van der Waals surface area (Å²) >= 11 is 0. The van der Waals surface area contributed by atoms with Crippen LogP contribution in [0.3, 0.4) is 0 Å². The lowest BCUT2D eigenvalue weighted by Gasteiger charge is -2.30. The van der Waals surface area contributed by atoms with Crippen molar-refractivity contribution < 1.29 is 14.6 Å². The van der Waals surface area contributed by atoms with Gasteiger partial charge in [-0.1, -0.05) is 100 Å². The summed E-state index contributed by atoms with van der Waals surface area (Å²) in [6, 6.07) is 10.1. The van der Waals surface area contributed by atoms with Gasteiger partial charge in [0.1, 0.15) is 0 Å². The Kier molecular flexibility index (Phi) is 10.8. The predicted octanol–water partition coefficient (Wildman–Crippen LogP) is 5.90. The van der Waals surface area contributed by atoms with Crippen molar-refractivity contribution in [2.24, 2.45) is 11.3 Å². The van der Waals surface area contributed by atoms with E-state index < -0.39 is 0 Å². The molecule has 33 heavy (non-hydrogen) atoms. The first-order valence-electron chi connectivity index (χ1n) is 12.2. The zero-order valence-corrected chi connectivity index (χ0v) is 20.9. The molecular weight excluding hydrogens is 410 g/mol. The molecule has 1 unspecified atom stereocenters. The molecule has 4 nitrogen and oxygen atoms in total. The van der Waals surface area contributed by atoms with Crippen molar-refractivity contribution in [3.8, 4) is 0 Å². The van der Waals surface area contributed by atoms with E-state index in [1.54, 1.807) is 0 Å². The molecule has 1 aromatic carbocycles. The number of nitrogens with one attached hydrogen (secondary N) is 1. The van der Waals surface area contributed by atoms with Gasteiger partial charge in [-0.2, -0.15) is 0 Å². The molecule has 1 aromatic rings. The summed E-state index contributed by atoms with van der Waals surface area (Å²) < 4.78 is 6.06. The third-order valence-corrected chi connectivity index (χ3v) is 6.16. The lowest BCUT2D eigenvalue weighted by atomic mass is 9.80. The van der Waals surface area contributed by atoms with Crippen molar-refractivity contribution in [1.82, 2.24) is 5.32 Å². The van der Waals surface area contributed by atoms with Crippen LogP contribution in [0.1, 0.15) is 58.9 Å². The van der Waals surface area contributed by atoms with Crippen LogP contribution in [0, 0.1) is 11.3 Å². The molecule has 0 spiro atoms. The number of aliphatic hydroxyl groups excluding tert-OH is 1. The Balaban J connectivity index is 0.000000714. The number of aliphatic hydroxyl groups is 1. The summed E-state index contributed by atoms with van der Waals surface area (Å²) in [7, 11) is 1.00. The van der Waals surface area contributed by atoms with Gasteiger partial charge in [0.05, 0.1) is 19.3 Å². The average Bonchev–Trinajstić information content (AvgIpc) is 3.45. The van der Waals surface area contributed by atoms with Crippen LogP contribution in [0.5, 0.6) is 0 Å². The van der Waals surface area contributed by atoms with Gasteiger partial charge in [-0.15, -0.1) is 0 Å². The van der Waals surface area contributed by atoms with Crippen LogP contribution in [-0.2, 0) is 16.1 Å². The fraction of sp³-hybridized carbons (Fsp3) is 0.483. The van der Waals surface area contributed by atoms with E-state index >= 15 is 0 Å². The van der Waals surface area contributed by atoms with Gasteiger partial charge in [-0.25, -0.2) is 0 Å². The maximum absolute atomic E-state index is 12.8. The van der Waals surface area contributed by atoms with E-state index in [2.05, 4.69) is 75.5 Å². The van der Waals surface area contributed by atoms with Crippen LogP contribution >= 0.6 is 0 Å². The lowest BCUT2D eigenvalue weighted by Crippen LogP contribution is -2.44. The summed E-state index contributed by atoms with van der Waals surface area (Å²) in [4.78, 5) is 12.8. The average molecular weight is 452 g/mol. The largest absolute Gasteiger partial charge is 0.400 e. The Bertz CT molecular complexity index is 875. The minimum absolute atomic E-state index is 0.103. The van der Waals surface area contributed by atoms with Crippen LogP contribution < -0.4 is 5.32 Å². The zero-order chi connectivity index (χ0) is 24.3. The molecule has 1 amide bonds. The summed E-state index contributed by atoms with van der Waals surface area (Å²) in [6.07, 6.45) is 15.1. The predicted molar refractivity (Wildman–Crippen MR) is 137 cm³/mol.